The predicted octanol–water partition coefficient (Wildman–Crippen LogP) is 2.18. The molecule has 0 spiro atoms. The molecular weight excluding hydrogens is 239 g/mol. The number of aromatic nitrogens is 2. The molecule has 0 bridgehead atoms. The molecule has 5 heteroatoms. The van der Waals surface area contributed by atoms with E-state index in [1.54, 1.807) is 6.07 Å². The molecule has 13 heavy (non-hydrogen) atoms. The SMILES string of the molecule is Cn1nc2cc(Br)cc(O)c2c1F. The Labute approximate surface area is 81.9 Å². The number of rotatable bonds is 0. The molecule has 0 saturated carbocycles. The van der Waals surface area contributed by atoms with Crippen LogP contribution in [0.3, 0.4) is 0 Å². The van der Waals surface area contributed by atoms with Gasteiger partial charge in [-0.3, -0.25) is 0 Å². The van der Waals surface area contributed by atoms with Crippen LogP contribution in [0.2, 0.25) is 0 Å². The number of hydrogen-bond acceptors (Lipinski definition) is 2. The first-order valence-corrected chi connectivity index (χ1v) is 4.39. The first-order valence-electron chi connectivity index (χ1n) is 3.60. The molecule has 0 saturated heterocycles. The average molecular weight is 245 g/mol. The van der Waals surface area contributed by atoms with E-state index in [-0.39, 0.29) is 11.1 Å². The van der Waals surface area contributed by atoms with Crippen LogP contribution in [0.5, 0.6) is 5.75 Å². The van der Waals surface area contributed by atoms with E-state index in [4.69, 9.17) is 0 Å². The van der Waals surface area contributed by atoms with Crippen LogP contribution < -0.4 is 0 Å². The number of nitrogens with zero attached hydrogens (tertiary/aromatic N) is 2. The van der Waals surface area contributed by atoms with E-state index >= 15 is 0 Å². The third-order valence-corrected chi connectivity index (χ3v) is 2.27. The highest BCUT2D eigenvalue weighted by Gasteiger charge is 2.12. The van der Waals surface area contributed by atoms with Crippen LogP contribution in [0.15, 0.2) is 16.6 Å². The Morgan fingerprint density at radius 1 is 1.54 bits per heavy atom. The lowest BCUT2D eigenvalue weighted by molar-refractivity contribution is 0.471. The van der Waals surface area contributed by atoms with E-state index in [9.17, 15) is 9.50 Å². The molecule has 0 unspecified atom stereocenters. The molecule has 0 fully saturated rings. The van der Waals surface area contributed by atoms with Crippen molar-refractivity contribution >= 4 is 26.8 Å². The second-order valence-corrected chi connectivity index (χ2v) is 3.65. The van der Waals surface area contributed by atoms with Crippen LogP contribution in [0.1, 0.15) is 0 Å². The number of aromatic hydroxyl groups is 1. The minimum atomic E-state index is -0.528. The van der Waals surface area contributed by atoms with Crippen LogP contribution in [-0.2, 0) is 7.05 Å². The molecule has 68 valence electrons. The summed E-state index contributed by atoms with van der Waals surface area (Å²) in [5, 5.41) is 13.5. The smallest absolute Gasteiger partial charge is 0.222 e. The van der Waals surface area contributed by atoms with Crippen molar-refractivity contribution in [2.45, 2.75) is 0 Å². The average Bonchev–Trinajstić information content (AvgIpc) is 2.27. The Kier molecular flexibility index (Phi) is 1.76. The number of halogens is 2. The van der Waals surface area contributed by atoms with Crippen molar-refractivity contribution in [1.82, 2.24) is 9.78 Å². The Balaban J connectivity index is 2.94. The second kappa shape index (κ2) is 2.70. The Hall–Kier alpha value is -1.10. The van der Waals surface area contributed by atoms with Gasteiger partial charge in [0, 0.05) is 11.5 Å². The second-order valence-electron chi connectivity index (χ2n) is 2.73. The number of aryl methyl sites for hydroxylation is 1. The summed E-state index contributed by atoms with van der Waals surface area (Å²) in [6, 6.07) is 3.09. The number of benzene rings is 1. The lowest BCUT2D eigenvalue weighted by Crippen LogP contribution is -1.92. The van der Waals surface area contributed by atoms with E-state index in [1.165, 1.54) is 13.1 Å². The summed E-state index contributed by atoms with van der Waals surface area (Å²) in [5.41, 5.74) is 0.437. The minimum Gasteiger partial charge on any atom is -0.507 e. The van der Waals surface area contributed by atoms with Crippen molar-refractivity contribution < 1.29 is 9.50 Å². The van der Waals surface area contributed by atoms with Crippen molar-refractivity contribution in [2.24, 2.45) is 7.05 Å². The zero-order valence-corrected chi connectivity index (χ0v) is 8.34. The molecule has 0 aliphatic rings. The van der Waals surface area contributed by atoms with E-state index in [0.717, 1.165) is 4.68 Å². The maximum Gasteiger partial charge on any atom is 0.222 e. The normalized spacial score (nSPS) is 11.0. The fourth-order valence-electron chi connectivity index (χ4n) is 1.24. The summed E-state index contributed by atoms with van der Waals surface area (Å²) in [4.78, 5) is 0. The summed E-state index contributed by atoms with van der Waals surface area (Å²) >= 11 is 3.19. The maximum absolute atomic E-state index is 13.3. The van der Waals surface area contributed by atoms with Gasteiger partial charge in [0.05, 0.1) is 5.39 Å². The van der Waals surface area contributed by atoms with Gasteiger partial charge >= 0.3 is 0 Å². The highest BCUT2D eigenvalue weighted by molar-refractivity contribution is 9.10. The number of phenolic OH excluding ortho intramolecular Hbond substituents is 1. The molecule has 1 aromatic carbocycles. The third-order valence-electron chi connectivity index (χ3n) is 1.81. The largest absolute Gasteiger partial charge is 0.507 e. The van der Waals surface area contributed by atoms with E-state index in [1.807, 2.05) is 0 Å². The molecule has 0 aliphatic heterocycles. The van der Waals surface area contributed by atoms with Crippen molar-refractivity contribution in [3.05, 3.63) is 22.6 Å². The quantitative estimate of drug-likeness (QED) is 0.772. The highest BCUT2D eigenvalue weighted by atomic mass is 79.9. The fourth-order valence-corrected chi connectivity index (χ4v) is 1.67. The van der Waals surface area contributed by atoms with Crippen LogP contribution in [-0.4, -0.2) is 14.9 Å². The molecule has 0 amide bonds. The van der Waals surface area contributed by atoms with Gasteiger partial charge in [-0.2, -0.15) is 9.49 Å². The third kappa shape index (κ3) is 1.19. The van der Waals surface area contributed by atoms with Gasteiger partial charge in [0.2, 0.25) is 5.95 Å². The Morgan fingerprint density at radius 3 is 2.92 bits per heavy atom. The zero-order valence-electron chi connectivity index (χ0n) is 6.75. The standard InChI is InChI=1S/C8H6BrFN2O/c1-12-8(10)7-5(11-12)2-4(9)3-6(7)13/h2-3,13H,1H3. The number of fused-ring (bicyclic) bond motifs is 1. The molecule has 1 aromatic heterocycles. The van der Waals surface area contributed by atoms with Gasteiger partial charge in [0.1, 0.15) is 11.3 Å². The van der Waals surface area contributed by atoms with E-state index in [2.05, 4.69) is 21.0 Å². The summed E-state index contributed by atoms with van der Waals surface area (Å²) in [6.45, 7) is 0. The molecule has 2 rings (SSSR count). The Morgan fingerprint density at radius 2 is 2.23 bits per heavy atom. The lowest BCUT2D eigenvalue weighted by Gasteiger charge is -1.94. The molecular formula is C8H6BrFN2O. The van der Waals surface area contributed by atoms with E-state index < -0.39 is 5.95 Å². The van der Waals surface area contributed by atoms with Crippen molar-refractivity contribution in [1.29, 1.82) is 0 Å². The predicted molar refractivity (Wildman–Crippen MR) is 50.0 cm³/mol. The van der Waals surface area contributed by atoms with Gasteiger partial charge in [-0.05, 0) is 12.1 Å². The summed E-state index contributed by atoms with van der Waals surface area (Å²) in [5.74, 6) is -0.630. The molecule has 2 aromatic rings. The van der Waals surface area contributed by atoms with Crippen LogP contribution >= 0.6 is 15.9 Å². The van der Waals surface area contributed by atoms with Gasteiger partial charge in [-0.1, -0.05) is 15.9 Å². The molecule has 3 nitrogen and oxygen atoms in total. The van der Waals surface area contributed by atoms with E-state index in [0.29, 0.717) is 9.99 Å². The summed E-state index contributed by atoms with van der Waals surface area (Å²) in [7, 11) is 1.49. The van der Waals surface area contributed by atoms with Crippen LogP contribution in [0, 0.1) is 5.95 Å². The molecule has 0 radical (unpaired) electrons. The molecule has 1 N–H and O–H groups in total. The molecule has 0 aliphatic carbocycles. The van der Waals surface area contributed by atoms with Crippen LogP contribution in [0.25, 0.3) is 10.9 Å². The number of phenols is 1. The Bertz CT molecular complexity index is 480. The first-order chi connectivity index (χ1) is 6.09. The maximum atomic E-state index is 13.3. The fraction of sp³-hybridized carbons (Fsp3) is 0.125. The number of hydrogen-bond donors (Lipinski definition) is 1. The monoisotopic (exact) mass is 244 g/mol. The minimum absolute atomic E-state index is 0.102. The molecule has 1 heterocycles. The van der Waals surface area contributed by atoms with Gasteiger partial charge in [-0.25, -0.2) is 4.68 Å². The van der Waals surface area contributed by atoms with Crippen LogP contribution in [0.4, 0.5) is 4.39 Å². The van der Waals surface area contributed by atoms with Crippen molar-refractivity contribution in [3.8, 4) is 5.75 Å². The van der Waals surface area contributed by atoms with Gasteiger partial charge in [0.25, 0.3) is 0 Å². The summed E-state index contributed by atoms with van der Waals surface area (Å²) in [6.07, 6.45) is 0. The van der Waals surface area contributed by atoms with Gasteiger partial charge in [0.15, 0.2) is 0 Å². The topological polar surface area (TPSA) is 38.0 Å². The van der Waals surface area contributed by atoms with Gasteiger partial charge in [-0.15, -0.1) is 0 Å². The molecule has 0 atom stereocenters. The van der Waals surface area contributed by atoms with Gasteiger partial charge < -0.3 is 5.11 Å². The zero-order chi connectivity index (χ0) is 9.59. The van der Waals surface area contributed by atoms with Crippen molar-refractivity contribution in [2.75, 3.05) is 0 Å². The first kappa shape index (κ1) is 8.50. The van der Waals surface area contributed by atoms with Crippen molar-refractivity contribution in [3.63, 3.8) is 0 Å². The summed E-state index contributed by atoms with van der Waals surface area (Å²) < 4.78 is 15.0. The lowest BCUT2D eigenvalue weighted by atomic mass is 10.2. The highest BCUT2D eigenvalue weighted by Crippen LogP contribution is 2.30.